The second-order valence-electron chi connectivity index (χ2n) is 7.49. The van der Waals surface area contributed by atoms with E-state index < -0.39 is 0 Å². The number of carbonyl (C=O) groups is 1. The van der Waals surface area contributed by atoms with Crippen molar-refractivity contribution >= 4 is 5.78 Å². The molecule has 0 amide bonds. The molecule has 0 aliphatic carbocycles. The van der Waals surface area contributed by atoms with Gasteiger partial charge in [-0.05, 0) is 62.4 Å². The molecule has 4 aromatic rings. The van der Waals surface area contributed by atoms with E-state index in [4.69, 9.17) is 0 Å². The molecule has 2 aromatic heterocycles. The van der Waals surface area contributed by atoms with Gasteiger partial charge in [-0.2, -0.15) is 0 Å². The summed E-state index contributed by atoms with van der Waals surface area (Å²) >= 11 is 0. The van der Waals surface area contributed by atoms with Gasteiger partial charge >= 0.3 is 0 Å². The lowest BCUT2D eigenvalue weighted by Gasteiger charge is -2.12. The number of aryl methyl sites for hydroxylation is 2. The number of nitrogens with zero attached hydrogens (tertiary/aromatic N) is 4. The number of hydrogen-bond donors (Lipinski definition) is 2. The van der Waals surface area contributed by atoms with Gasteiger partial charge in [0.05, 0.1) is 0 Å². The van der Waals surface area contributed by atoms with Crippen LogP contribution in [0.15, 0.2) is 95.5 Å². The number of hydrogen-bond acceptors (Lipinski definition) is 5. The molecule has 7 nitrogen and oxygen atoms in total. The van der Waals surface area contributed by atoms with Gasteiger partial charge in [-0.3, -0.25) is 13.9 Å². The zero-order valence-corrected chi connectivity index (χ0v) is 17.7. The van der Waals surface area contributed by atoms with Crippen molar-refractivity contribution in [2.75, 3.05) is 0 Å². The van der Waals surface area contributed by atoms with Gasteiger partial charge in [-0.25, -0.2) is 0 Å². The molecular formula is C25H22N4O3. The third kappa shape index (κ3) is 4.09. The summed E-state index contributed by atoms with van der Waals surface area (Å²) in [6.07, 6.45) is 3.28. The van der Waals surface area contributed by atoms with E-state index in [1.54, 1.807) is 45.8 Å². The van der Waals surface area contributed by atoms with Crippen molar-refractivity contribution in [3.8, 4) is 11.4 Å². The van der Waals surface area contributed by atoms with Gasteiger partial charge in [0.15, 0.2) is 16.8 Å². The summed E-state index contributed by atoms with van der Waals surface area (Å²) in [6, 6.07) is 21.7. The van der Waals surface area contributed by atoms with Crippen LogP contribution in [-0.4, -0.2) is 25.3 Å². The average Bonchev–Trinajstić information content (AvgIpc) is 2.84. The summed E-state index contributed by atoms with van der Waals surface area (Å²) in [6.45, 7) is 3.97. The fraction of sp³-hybridized carbons (Fsp3) is 0.0800. The van der Waals surface area contributed by atoms with Gasteiger partial charge in [0, 0.05) is 34.9 Å². The lowest BCUT2D eigenvalue weighted by Crippen LogP contribution is -2.22. The number of benzene rings is 2. The molecule has 0 saturated carbocycles. The molecule has 0 fully saturated rings. The summed E-state index contributed by atoms with van der Waals surface area (Å²) in [5.41, 5.74) is 5.16. The van der Waals surface area contributed by atoms with Gasteiger partial charge in [0.1, 0.15) is 0 Å². The molecule has 0 aliphatic rings. The Morgan fingerprint density at radius 1 is 0.625 bits per heavy atom. The van der Waals surface area contributed by atoms with Gasteiger partial charge in [0.2, 0.25) is 0 Å². The van der Waals surface area contributed by atoms with Crippen molar-refractivity contribution in [3.63, 3.8) is 0 Å². The fourth-order valence-corrected chi connectivity index (χ4v) is 3.41. The zero-order valence-electron chi connectivity index (χ0n) is 17.7. The average molecular weight is 426 g/mol. The molecule has 0 aliphatic heterocycles. The first-order valence-corrected chi connectivity index (χ1v) is 10.0. The van der Waals surface area contributed by atoms with Crippen LogP contribution in [0.2, 0.25) is 0 Å². The van der Waals surface area contributed by atoms with Crippen LogP contribution in [0, 0.1) is 13.8 Å². The molecule has 0 spiro atoms. The fourth-order valence-electron chi connectivity index (χ4n) is 3.41. The van der Waals surface area contributed by atoms with E-state index in [0.717, 1.165) is 22.5 Å². The van der Waals surface area contributed by atoms with Crippen LogP contribution in [0.5, 0.6) is 0 Å². The number of pyridine rings is 2. The van der Waals surface area contributed by atoms with Crippen molar-refractivity contribution in [2.45, 2.75) is 13.8 Å². The monoisotopic (exact) mass is 426 g/mol. The van der Waals surface area contributed by atoms with Crippen molar-refractivity contribution in [1.29, 1.82) is 0 Å². The summed E-state index contributed by atoms with van der Waals surface area (Å²) in [5, 5.41) is 25.5. The molecule has 0 radical (unpaired) electrons. The van der Waals surface area contributed by atoms with E-state index >= 15 is 0 Å². The molecule has 160 valence electrons. The maximum atomic E-state index is 13.3. The molecule has 0 unspecified atom stereocenters. The van der Waals surface area contributed by atoms with E-state index in [0.29, 0.717) is 22.1 Å². The summed E-state index contributed by atoms with van der Waals surface area (Å²) in [5.74, 6) is -0.222. The second kappa shape index (κ2) is 8.77. The van der Waals surface area contributed by atoms with Crippen LogP contribution in [0.4, 0.5) is 0 Å². The van der Waals surface area contributed by atoms with Crippen LogP contribution in [0.25, 0.3) is 11.4 Å². The molecule has 0 bridgehead atoms. The minimum Gasteiger partial charge on any atom is -0.409 e. The maximum Gasteiger partial charge on any atom is 0.195 e. The lowest BCUT2D eigenvalue weighted by molar-refractivity contribution is 0.103. The summed E-state index contributed by atoms with van der Waals surface area (Å²) < 4.78 is 3.30. The highest BCUT2D eigenvalue weighted by Crippen LogP contribution is 2.14. The Morgan fingerprint density at radius 3 is 1.34 bits per heavy atom. The topological polar surface area (TPSA) is 92.1 Å². The summed E-state index contributed by atoms with van der Waals surface area (Å²) in [4.78, 5) is 13.3. The molecular weight excluding hydrogens is 404 g/mol. The molecule has 2 heterocycles. The van der Waals surface area contributed by atoms with Gasteiger partial charge in [-0.15, -0.1) is 0 Å². The molecule has 2 N–H and O–H groups in total. The van der Waals surface area contributed by atoms with Gasteiger partial charge in [-0.1, -0.05) is 45.7 Å². The van der Waals surface area contributed by atoms with Crippen LogP contribution in [-0.2, 0) is 0 Å². The standard InChI is InChI=1S/C25H22N4O3/c1-17-3-9-21(10-4-17)28-15-19(7-13-23(28)26-31)25(30)20-8-14-24(27-32)29(16-20)22-11-5-18(2)6-12-22/h3-16,31-32H,1-2H3. The van der Waals surface area contributed by atoms with Crippen molar-refractivity contribution in [2.24, 2.45) is 10.3 Å². The van der Waals surface area contributed by atoms with E-state index in [1.807, 2.05) is 62.4 Å². The highest BCUT2D eigenvalue weighted by molar-refractivity contribution is 6.08. The van der Waals surface area contributed by atoms with E-state index in [-0.39, 0.29) is 5.78 Å². The maximum absolute atomic E-state index is 13.3. The molecule has 2 aromatic carbocycles. The Hall–Kier alpha value is -4.39. The highest BCUT2D eigenvalue weighted by atomic mass is 16.4. The Morgan fingerprint density at radius 2 is 1.00 bits per heavy atom. The minimum absolute atomic E-state index is 0.222. The zero-order chi connectivity index (χ0) is 22.7. The minimum atomic E-state index is -0.222. The molecule has 4 rings (SSSR count). The number of carbonyl (C=O) groups excluding carboxylic acids is 1. The van der Waals surface area contributed by atoms with Crippen LogP contribution in [0.3, 0.4) is 0 Å². The normalized spacial score (nSPS) is 12.2. The predicted octanol–water partition coefficient (Wildman–Crippen LogP) is 3.70. The molecule has 7 heteroatoms. The Labute approximate surface area is 184 Å². The van der Waals surface area contributed by atoms with Crippen LogP contribution in [0.1, 0.15) is 27.0 Å². The van der Waals surface area contributed by atoms with E-state index in [9.17, 15) is 15.2 Å². The summed E-state index contributed by atoms with van der Waals surface area (Å²) in [7, 11) is 0. The smallest absolute Gasteiger partial charge is 0.195 e. The van der Waals surface area contributed by atoms with E-state index in [1.165, 1.54) is 0 Å². The number of ketones is 1. The molecule has 0 atom stereocenters. The second-order valence-corrected chi connectivity index (χ2v) is 7.49. The van der Waals surface area contributed by atoms with Crippen molar-refractivity contribution in [1.82, 2.24) is 9.13 Å². The Bertz CT molecular complexity index is 1300. The molecule has 32 heavy (non-hydrogen) atoms. The number of aromatic nitrogens is 2. The quantitative estimate of drug-likeness (QED) is 0.296. The Kier molecular flexibility index (Phi) is 5.72. The molecule has 0 saturated heterocycles. The Balaban J connectivity index is 1.80. The first-order chi connectivity index (χ1) is 15.5. The first-order valence-electron chi connectivity index (χ1n) is 10.0. The van der Waals surface area contributed by atoms with Crippen molar-refractivity contribution < 1.29 is 15.2 Å². The third-order valence-corrected chi connectivity index (χ3v) is 5.21. The van der Waals surface area contributed by atoms with Crippen LogP contribution < -0.4 is 11.0 Å². The van der Waals surface area contributed by atoms with Crippen LogP contribution >= 0.6 is 0 Å². The first kappa shape index (κ1) is 20.9. The number of rotatable bonds is 4. The van der Waals surface area contributed by atoms with Gasteiger partial charge < -0.3 is 10.4 Å². The third-order valence-electron chi connectivity index (χ3n) is 5.21. The lowest BCUT2D eigenvalue weighted by atomic mass is 10.1. The highest BCUT2D eigenvalue weighted by Gasteiger charge is 2.13. The largest absolute Gasteiger partial charge is 0.409 e. The predicted molar refractivity (Wildman–Crippen MR) is 119 cm³/mol. The SMILES string of the molecule is Cc1ccc(-n2cc(C(=O)c3ccc(=NO)n(-c4ccc(C)cc4)c3)ccc2=NO)cc1. The van der Waals surface area contributed by atoms with Gasteiger partial charge in [0.25, 0.3) is 0 Å². The van der Waals surface area contributed by atoms with Crippen molar-refractivity contribution in [3.05, 3.63) is 118 Å². The van der Waals surface area contributed by atoms with E-state index in [2.05, 4.69) is 10.3 Å².